The Balaban J connectivity index is 1.14. The Morgan fingerprint density at radius 3 is 2.25 bits per heavy atom. The molecule has 44 heavy (non-hydrogen) atoms. The van der Waals surface area contributed by atoms with Crippen molar-refractivity contribution in [3.8, 4) is 0 Å². The largest absolute Gasteiger partial charge is 0.391 e. The number of fused-ring (bicyclic) bond motifs is 1. The second kappa shape index (κ2) is 13.5. The smallest absolute Gasteiger partial charge is 0.353 e. The van der Waals surface area contributed by atoms with Gasteiger partial charge in [-0.05, 0) is 101 Å². The molecule has 0 spiro atoms. The maximum Gasteiger partial charge on any atom is 0.391 e. The summed E-state index contributed by atoms with van der Waals surface area (Å²) in [7, 11) is 1.88. The summed E-state index contributed by atoms with van der Waals surface area (Å²) in [5, 5.41) is 6.69. The highest BCUT2D eigenvalue weighted by molar-refractivity contribution is 5.81. The summed E-state index contributed by atoms with van der Waals surface area (Å²) in [6.45, 7) is 2.93. The zero-order valence-corrected chi connectivity index (χ0v) is 25.9. The Labute approximate surface area is 257 Å². The second-order valence-corrected chi connectivity index (χ2v) is 14.7. The van der Waals surface area contributed by atoms with Crippen LogP contribution in [0.2, 0.25) is 0 Å². The molecule has 11 heteroatoms. The first-order valence-electron chi connectivity index (χ1n) is 16.8. The number of carbonyl (C=O) groups is 2. The number of allylic oxidation sites excluding steroid dienone is 1. The van der Waals surface area contributed by atoms with Gasteiger partial charge in [0.1, 0.15) is 0 Å². The van der Waals surface area contributed by atoms with E-state index in [0.717, 1.165) is 32.2 Å². The number of hydrogen-bond acceptors (Lipinski definition) is 3. The van der Waals surface area contributed by atoms with Crippen molar-refractivity contribution in [2.75, 3.05) is 13.6 Å². The fourth-order valence-electron chi connectivity index (χ4n) is 9.07. The lowest BCUT2D eigenvalue weighted by atomic mass is 9.65. The minimum absolute atomic E-state index is 0.0771. The molecule has 9 atom stereocenters. The molecular formula is C33H49F6N3O2. The van der Waals surface area contributed by atoms with Gasteiger partial charge >= 0.3 is 12.4 Å². The molecule has 3 aliphatic carbocycles. The summed E-state index contributed by atoms with van der Waals surface area (Å²) in [6.07, 6.45) is 1.96. The molecule has 5 rings (SSSR count). The van der Waals surface area contributed by atoms with E-state index in [0.29, 0.717) is 43.9 Å². The number of likely N-dealkylation sites (tertiary alicyclic amines) is 1. The van der Waals surface area contributed by atoms with Crippen LogP contribution < -0.4 is 10.6 Å². The minimum Gasteiger partial charge on any atom is -0.353 e. The van der Waals surface area contributed by atoms with Crippen molar-refractivity contribution in [1.29, 1.82) is 0 Å². The van der Waals surface area contributed by atoms with Gasteiger partial charge in [-0.15, -0.1) is 0 Å². The number of carbonyl (C=O) groups excluding carboxylic acids is 2. The molecule has 5 fully saturated rings. The molecule has 5 aliphatic rings. The first-order valence-corrected chi connectivity index (χ1v) is 16.8. The molecule has 0 aromatic rings. The standard InChI is InChI=1S/C33H49F6N3O2/c1-19-6-12-26(41-30(43)21-4-3-5-24(14-21)33(37,38)39)16-27(19)28-15-22-18-40-25(17-29(22)42(2)31(28)44)13-9-20-7-10-23(11-8-20)32(34,35)36/h9,13,19-29,40H,3-8,10-12,14-18H2,1-2H3,(H,41,43)/b13-9+. The Bertz CT molecular complexity index is 1040. The van der Waals surface area contributed by atoms with E-state index in [1.54, 1.807) is 0 Å². The van der Waals surface area contributed by atoms with E-state index in [2.05, 4.69) is 29.7 Å². The van der Waals surface area contributed by atoms with Crippen molar-refractivity contribution >= 4 is 11.8 Å². The van der Waals surface area contributed by atoms with Gasteiger partial charge < -0.3 is 15.5 Å². The average molecular weight is 634 g/mol. The lowest BCUT2D eigenvalue weighted by molar-refractivity contribution is -0.186. The van der Waals surface area contributed by atoms with Gasteiger partial charge in [-0.3, -0.25) is 9.59 Å². The molecule has 5 nitrogen and oxygen atoms in total. The molecule has 2 aliphatic heterocycles. The monoisotopic (exact) mass is 633 g/mol. The minimum atomic E-state index is -4.26. The van der Waals surface area contributed by atoms with Gasteiger partial charge in [0, 0.05) is 43.6 Å². The molecule has 2 saturated heterocycles. The van der Waals surface area contributed by atoms with Crippen LogP contribution in [0.4, 0.5) is 26.3 Å². The van der Waals surface area contributed by atoms with Crippen molar-refractivity contribution in [2.45, 2.75) is 121 Å². The molecule has 0 bridgehead atoms. The molecule has 0 aromatic carbocycles. The summed E-state index contributed by atoms with van der Waals surface area (Å²) in [5.41, 5.74) is 0. The van der Waals surface area contributed by atoms with E-state index in [1.807, 2.05) is 11.9 Å². The number of halogens is 6. The maximum atomic E-state index is 13.8. The highest BCUT2D eigenvalue weighted by atomic mass is 19.4. The number of piperidine rings is 2. The van der Waals surface area contributed by atoms with Crippen molar-refractivity contribution in [1.82, 2.24) is 15.5 Å². The van der Waals surface area contributed by atoms with Crippen molar-refractivity contribution in [2.24, 2.45) is 47.3 Å². The van der Waals surface area contributed by atoms with E-state index in [4.69, 9.17) is 0 Å². The third-order valence-corrected chi connectivity index (χ3v) is 11.9. The molecule has 9 unspecified atom stereocenters. The normalized spacial score (nSPS) is 41.0. The first-order chi connectivity index (χ1) is 20.7. The molecule has 2 heterocycles. The first kappa shape index (κ1) is 33.6. The number of rotatable bonds is 5. The van der Waals surface area contributed by atoms with Gasteiger partial charge in [0.2, 0.25) is 11.8 Å². The lowest BCUT2D eigenvalue weighted by Crippen LogP contribution is -2.60. The SMILES string of the molecule is CC1CCC(NC(=O)C2CCCC(C(F)(F)F)C2)CC1C1CC2CNC(/C=C/C3CCC(C(F)(F)F)CC3)CC2N(C)C1=O. The Morgan fingerprint density at radius 2 is 1.57 bits per heavy atom. The van der Waals surface area contributed by atoms with Gasteiger partial charge in [-0.1, -0.05) is 25.5 Å². The summed E-state index contributed by atoms with van der Waals surface area (Å²) >= 11 is 0. The fourth-order valence-corrected chi connectivity index (χ4v) is 9.07. The molecule has 2 amide bonds. The van der Waals surface area contributed by atoms with Crippen LogP contribution in [0.1, 0.15) is 90.4 Å². The molecule has 0 aromatic heterocycles. The van der Waals surface area contributed by atoms with Crippen LogP contribution in [0.15, 0.2) is 12.2 Å². The Kier molecular flexibility index (Phi) is 10.3. The van der Waals surface area contributed by atoms with Gasteiger partial charge in [0.15, 0.2) is 0 Å². The van der Waals surface area contributed by atoms with E-state index in [9.17, 15) is 35.9 Å². The quantitative estimate of drug-likeness (QED) is 0.253. The van der Waals surface area contributed by atoms with Crippen LogP contribution >= 0.6 is 0 Å². The third kappa shape index (κ3) is 7.77. The zero-order chi connectivity index (χ0) is 31.8. The van der Waals surface area contributed by atoms with Crippen LogP contribution in [0.25, 0.3) is 0 Å². The summed E-state index contributed by atoms with van der Waals surface area (Å²) in [5.74, 6) is -2.64. The van der Waals surface area contributed by atoms with Crippen molar-refractivity contribution < 1.29 is 35.9 Å². The Hall–Kier alpha value is -1.78. The van der Waals surface area contributed by atoms with E-state index in [-0.39, 0.29) is 73.4 Å². The number of nitrogens with one attached hydrogen (secondary N) is 2. The summed E-state index contributed by atoms with van der Waals surface area (Å²) in [6, 6.07) is 0.0437. The fraction of sp³-hybridized carbons (Fsp3) is 0.879. The van der Waals surface area contributed by atoms with Gasteiger partial charge in [0.25, 0.3) is 0 Å². The van der Waals surface area contributed by atoms with Gasteiger partial charge in [-0.25, -0.2) is 0 Å². The molecule has 2 N–H and O–H groups in total. The third-order valence-electron chi connectivity index (χ3n) is 11.9. The number of alkyl halides is 6. The summed E-state index contributed by atoms with van der Waals surface area (Å²) in [4.78, 5) is 28.7. The lowest BCUT2D eigenvalue weighted by Gasteiger charge is -2.50. The predicted molar refractivity (Wildman–Crippen MR) is 155 cm³/mol. The van der Waals surface area contributed by atoms with Gasteiger partial charge in [-0.2, -0.15) is 26.3 Å². The van der Waals surface area contributed by atoms with Crippen LogP contribution in [0, 0.1) is 47.3 Å². The van der Waals surface area contributed by atoms with Crippen LogP contribution in [-0.2, 0) is 9.59 Å². The van der Waals surface area contributed by atoms with E-state index < -0.39 is 30.1 Å². The van der Waals surface area contributed by atoms with Crippen LogP contribution in [0.5, 0.6) is 0 Å². The molecule has 250 valence electrons. The molecule has 0 radical (unpaired) electrons. The van der Waals surface area contributed by atoms with Crippen LogP contribution in [0.3, 0.4) is 0 Å². The average Bonchev–Trinajstić information content (AvgIpc) is 2.98. The van der Waals surface area contributed by atoms with Crippen LogP contribution in [-0.4, -0.2) is 60.8 Å². The second-order valence-electron chi connectivity index (χ2n) is 14.7. The Morgan fingerprint density at radius 1 is 0.864 bits per heavy atom. The highest BCUT2D eigenvalue weighted by Crippen LogP contribution is 2.45. The number of nitrogens with zero attached hydrogens (tertiary/aromatic N) is 1. The number of amides is 2. The topological polar surface area (TPSA) is 61.4 Å². The highest BCUT2D eigenvalue weighted by Gasteiger charge is 2.48. The van der Waals surface area contributed by atoms with E-state index >= 15 is 0 Å². The molecule has 3 saturated carbocycles. The van der Waals surface area contributed by atoms with Crippen molar-refractivity contribution in [3.05, 3.63) is 12.2 Å². The maximum absolute atomic E-state index is 13.8. The summed E-state index contributed by atoms with van der Waals surface area (Å²) < 4.78 is 78.9. The van der Waals surface area contributed by atoms with Crippen molar-refractivity contribution in [3.63, 3.8) is 0 Å². The van der Waals surface area contributed by atoms with Gasteiger partial charge in [0.05, 0.1) is 11.8 Å². The zero-order valence-electron chi connectivity index (χ0n) is 25.9. The predicted octanol–water partition coefficient (Wildman–Crippen LogP) is 7.03. The molecular weight excluding hydrogens is 584 g/mol. The number of hydrogen-bond donors (Lipinski definition) is 2. The van der Waals surface area contributed by atoms with E-state index in [1.165, 1.54) is 0 Å².